The van der Waals surface area contributed by atoms with E-state index in [2.05, 4.69) is 25.9 Å². The number of nitrogens with one attached hydrogen (secondary N) is 4. The molecule has 45 heavy (non-hydrogen) atoms. The number of carbonyl (C=O) groups excluding carboxylic acids is 3. The van der Waals surface area contributed by atoms with Crippen molar-refractivity contribution in [3.05, 3.63) is 65.9 Å². The number of nitrogens with two attached hydrogens (primary N) is 3. The summed E-state index contributed by atoms with van der Waals surface area (Å²) >= 11 is 0. The van der Waals surface area contributed by atoms with Gasteiger partial charge in [0.2, 0.25) is 17.7 Å². The number of aromatic hydroxyl groups is 1. The van der Waals surface area contributed by atoms with Crippen LogP contribution in [0.5, 0.6) is 5.75 Å². The number of para-hydroxylation sites is 1. The van der Waals surface area contributed by atoms with Gasteiger partial charge in [-0.25, -0.2) is 4.79 Å². The van der Waals surface area contributed by atoms with E-state index in [0.29, 0.717) is 12.0 Å². The van der Waals surface area contributed by atoms with Crippen LogP contribution in [-0.4, -0.2) is 75.6 Å². The number of carboxylic acids is 1. The highest BCUT2D eigenvalue weighted by Gasteiger charge is 2.32. The Bertz CT molecular complexity index is 1500. The van der Waals surface area contributed by atoms with Gasteiger partial charge in [0, 0.05) is 30.1 Å². The van der Waals surface area contributed by atoms with Gasteiger partial charge in [-0.2, -0.15) is 0 Å². The molecule has 4 atom stereocenters. The number of aromatic amines is 1. The van der Waals surface area contributed by atoms with Crippen LogP contribution in [0.4, 0.5) is 0 Å². The lowest BCUT2D eigenvalue weighted by Crippen LogP contribution is -2.58. The van der Waals surface area contributed by atoms with Crippen LogP contribution in [0.3, 0.4) is 0 Å². The molecule has 0 radical (unpaired) electrons. The number of nitrogens with zero attached hydrogens (tertiary/aromatic N) is 1. The number of guanidine groups is 1. The van der Waals surface area contributed by atoms with Gasteiger partial charge in [0.1, 0.15) is 23.9 Å². The zero-order chi connectivity index (χ0) is 33.1. The lowest BCUT2D eigenvalue weighted by molar-refractivity contribution is -0.142. The van der Waals surface area contributed by atoms with Crippen molar-refractivity contribution in [3.63, 3.8) is 0 Å². The summed E-state index contributed by atoms with van der Waals surface area (Å²) in [5, 5.41) is 28.1. The Balaban J connectivity index is 1.71. The molecule has 0 bridgehead atoms. The van der Waals surface area contributed by atoms with Crippen LogP contribution in [0, 0.1) is 5.92 Å². The van der Waals surface area contributed by atoms with E-state index in [1.807, 2.05) is 24.3 Å². The molecule has 0 aliphatic carbocycles. The molecule has 0 aliphatic rings. The van der Waals surface area contributed by atoms with E-state index in [1.54, 1.807) is 32.2 Å². The van der Waals surface area contributed by atoms with Crippen molar-refractivity contribution in [2.24, 2.45) is 28.1 Å². The van der Waals surface area contributed by atoms with Crippen molar-refractivity contribution in [2.45, 2.75) is 63.7 Å². The molecular weight excluding hydrogens is 580 g/mol. The first-order valence-corrected chi connectivity index (χ1v) is 14.6. The molecule has 0 spiro atoms. The van der Waals surface area contributed by atoms with Crippen LogP contribution in [0.2, 0.25) is 0 Å². The van der Waals surface area contributed by atoms with Gasteiger partial charge in [-0.3, -0.25) is 19.4 Å². The molecule has 3 aromatic rings. The lowest BCUT2D eigenvalue weighted by atomic mass is 10.00. The first-order valence-electron chi connectivity index (χ1n) is 14.6. The van der Waals surface area contributed by atoms with Gasteiger partial charge in [-0.1, -0.05) is 44.2 Å². The maximum Gasteiger partial charge on any atom is 0.326 e. The Morgan fingerprint density at radius 1 is 0.889 bits per heavy atom. The topological polar surface area (TPSA) is 251 Å². The first kappa shape index (κ1) is 34.4. The van der Waals surface area contributed by atoms with Crippen molar-refractivity contribution in [3.8, 4) is 5.75 Å². The average Bonchev–Trinajstić information content (AvgIpc) is 3.40. The number of hydrogen-bond acceptors (Lipinski definition) is 7. The van der Waals surface area contributed by atoms with E-state index in [0.717, 1.165) is 16.5 Å². The zero-order valence-corrected chi connectivity index (χ0v) is 25.3. The molecular formula is C31H42N8O6. The molecule has 0 aliphatic heterocycles. The number of aromatic nitrogens is 1. The molecule has 0 fully saturated rings. The van der Waals surface area contributed by atoms with Gasteiger partial charge >= 0.3 is 5.97 Å². The highest BCUT2D eigenvalue weighted by Crippen LogP contribution is 2.19. The van der Waals surface area contributed by atoms with Gasteiger partial charge in [0.25, 0.3) is 0 Å². The highest BCUT2D eigenvalue weighted by atomic mass is 16.4. The van der Waals surface area contributed by atoms with Crippen LogP contribution in [0.15, 0.2) is 59.7 Å². The minimum Gasteiger partial charge on any atom is -0.508 e. The number of rotatable bonds is 16. The summed E-state index contributed by atoms with van der Waals surface area (Å²) in [6.07, 6.45) is 2.34. The fraction of sp³-hybridized carbons (Fsp3) is 0.387. The van der Waals surface area contributed by atoms with Crippen molar-refractivity contribution in [1.29, 1.82) is 0 Å². The van der Waals surface area contributed by atoms with Crippen LogP contribution in [0.1, 0.15) is 37.8 Å². The Kier molecular flexibility index (Phi) is 12.3. The van der Waals surface area contributed by atoms with Gasteiger partial charge in [0.05, 0.1) is 6.04 Å². The Morgan fingerprint density at radius 2 is 1.56 bits per heavy atom. The van der Waals surface area contributed by atoms with Crippen LogP contribution < -0.4 is 33.2 Å². The minimum atomic E-state index is -1.32. The fourth-order valence-corrected chi connectivity index (χ4v) is 4.80. The molecule has 3 amide bonds. The van der Waals surface area contributed by atoms with Crippen molar-refractivity contribution in [2.75, 3.05) is 6.54 Å². The largest absolute Gasteiger partial charge is 0.508 e. The molecule has 0 saturated heterocycles. The number of benzene rings is 2. The minimum absolute atomic E-state index is 0.0175. The third-order valence-corrected chi connectivity index (χ3v) is 7.27. The number of fused-ring (bicyclic) bond motifs is 1. The molecule has 242 valence electrons. The number of phenols is 1. The Morgan fingerprint density at radius 3 is 2.20 bits per heavy atom. The van der Waals surface area contributed by atoms with Gasteiger partial charge < -0.3 is 48.3 Å². The second-order valence-corrected chi connectivity index (χ2v) is 11.2. The van der Waals surface area contributed by atoms with Crippen LogP contribution in [-0.2, 0) is 32.0 Å². The predicted octanol–water partition coefficient (Wildman–Crippen LogP) is 0.235. The van der Waals surface area contributed by atoms with E-state index >= 15 is 0 Å². The lowest BCUT2D eigenvalue weighted by Gasteiger charge is -2.27. The average molecular weight is 623 g/mol. The third kappa shape index (κ3) is 10.2. The Hall–Kier alpha value is -5.11. The molecule has 1 heterocycles. The number of amides is 3. The predicted molar refractivity (Wildman–Crippen MR) is 170 cm³/mol. The molecule has 3 rings (SSSR count). The standard InChI is InChI=1S/C31H42N8O6/c1-17(2)26(39-27(41)22(32)15-19-16-36-23-7-4-3-6-21(19)23)29(43)37-24(8-5-13-35-31(33)34)28(42)38-25(30(44)45)14-18-9-11-20(40)12-10-18/h3-4,6-7,9-12,16-17,22,24-26,36,40H,5,8,13-15,32H2,1-2H3,(H,37,43)(H,38,42)(H,39,41)(H,44,45)(H4,33,34,35). The van der Waals surface area contributed by atoms with Gasteiger partial charge in [-0.05, 0) is 54.5 Å². The molecule has 0 saturated carbocycles. The zero-order valence-electron chi connectivity index (χ0n) is 25.3. The monoisotopic (exact) mass is 622 g/mol. The first-order chi connectivity index (χ1) is 21.3. The van der Waals surface area contributed by atoms with Crippen molar-refractivity contribution < 1.29 is 29.4 Å². The molecule has 14 nitrogen and oxygen atoms in total. The maximum absolute atomic E-state index is 13.5. The quantitative estimate of drug-likeness (QED) is 0.0601. The van der Waals surface area contributed by atoms with Gasteiger partial charge in [0.15, 0.2) is 5.96 Å². The highest BCUT2D eigenvalue weighted by molar-refractivity contribution is 5.94. The summed E-state index contributed by atoms with van der Waals surface area (Å²) in [6.45, 7) is 3.65. The van der Waals surface area contributed by atoms with E-state index in [-0.39, 0.29) is 43.4 Å². The van der Waals surface area contributed by atoms with Crippen molar-refractivity contribution >= 4 is 40.6 Å². The van der Waals surface area contributed by atoms with Crippen molar-refractivity contribution in [1.82, 2.24) is 20.9 Å². The summed E-state index contributed by atoms with van der Waals surface area (Å²) in [4.78, 5) is 59.0. The van der Waals surface area contributed by atoms with Gasteiger partial charge in [-0.15, -0.1) is 0 Å². The normalized spacial score (nSPS) is 13.8. The molecule has 12 N–H and O–H groups in total. The molecule has 2 aromatic carbocycles. The molecule has 14 heteroatoms. The molecule has 1 aromatic heterocycles. The van der Waals surface area contributed by atoms with E-state index in [1.165, 1.54) is 12.1 Å². The van der Waals surface area contributed by atoms with E-state index < -0.39 is 47.9 Å². The summed E-state index contributed by atoms with van der Waals surface area (Å²) in [5.41, 5.74) is 19.4. The van der Waals surface area contributed by atoms with E-state index in [9.17, 15) is 29.4 Å². The summed E-state index contributed by atoms with van der Waals surface area (Å²) in [7, 11) is 0. The second-order valence-electron chi connectivity index (χ2n) is 11.2. The smallest absolute Gasteiger partial charge is 0.326 e. The number of H-pyrrole nitrogens is 1. The maximum atomic E-state index is 13.5. The number of hydrogen-bond donors (Lipinski definition) is 9. The number of carbonyl (C=O) groups is 4. The fourth-order valence-electron chi connectivity index (χ4n) is 4.80. The number of carboxylic acid groups (broad SMARTS) is 1. The SMILES string of the molecule is CC(C)C(NC(=O)C(N)Cc1c[nH]c2ccccc12)C(=O)NC(CCCN=C(N)N)C(=O)NC(Cc1ccc(O)cc1)C(=O)O. The summed E-state index contributed by atoms with van der Waals surface area (Å²) in [5.74, 6) is -3.67. The third-order valence-electron chi connectivity index (χ3n) is 7.27. The number of aliphatic imine (C=N–C) groups is 1. The molecule has 4 unspecified atom stereocenters. The summed E-state index contributed by atoms with van der Waals surface area (Å²) in [6, 6.07) is 9.08. The second kappa shape index (κ2) is 16.1. The Labute approximate surface area is 260 Å². The number of phenolic OH excluding ortho intramolecular Hbond substituents is 1. The van der Waals surface area contributed by atoms with E-state index in [4.69, 9.17) is 17.2 Å². The van der Waals surface area contributed by atoms with Crippen LogP contribution >= 0.6 is 0 Å². The summed E-state index contributed by atoms with van der Waals surface area (Å²) < 4.78 is 0. The van der Waals surface area contributed by atoms with Crippen LogP contribution in [0.25, 0.3) is 10.9 Å². The number of aliphatic carboxylic acids is 1.